The third-order valence-electron chi connectivity index (χ3n) is 6.45. The Bertz CT molecular complexity index is 699. The van der Waals surface area contributed by atoms with Crippen molar-refractivity contribution in [3.63, 3.8) is 0 Å². The first-order valence-corrected chi connectivity index (χ1v) is 9.84. The summed E-state index contributed by atoms with van der Waals surface area (Å²) in [5, 5.41) is 5.77. The summed E-state index contributed by atoms with van der Waals surface area (Å²) in [6.07, 6.45) is 10.1. The van der Waals surface area contributed by atoms with Gasteiger partial charge in [-0.1, -0.05) is 37.5 Å². The zero-order valence-corrected chi connectivity index (χ0v) is 15.6. The van der Waals surface area contributed by atoms with Gasteiger partial charge in [-0.05, 0) is 12.8 Å². The lowest BCUT2D eigenvalue weighted by Crippen LogP contribution is -2.56. The number of hydrogen-bond acceptors (Lipinski definition) is 4. The topological polar surface area (TPSA) is 87.7 Å². The van der Waals surface area contributed by atoms with E-state index in [-0.39, 0.29) is 30.3 Å². The number of likely N-dealkylation sites (tertiary alicyclic amines) is 1. The number of carbonyl (C=O) groups excluding carboxylic acids is 3. The molecule has 7 heteroatoms. The Labute approximate surface area is 159 Å². The van der Waals surface area contributed by atoms with E-state index < -0.39 is 29.6 Å². The largest absolute Gasteiger partial charge is 0.359 e. The van der Waals surface area contributed by atoms with Gasteiger partial charge in [-0.3, -0.25) is 14.4 Å². The van der Waals surface area contributed by atoms with Crippen LogP contribution in [0.25, 0.3) is 0 Å². The Kier molecular flexibility index (Phi) is 4.58. The fourth-order valence-electron chi connectivity index (χ4n) is 5.30. The van der Waals surface area contributed by atoms with Crippen LogP contribution in [0.3, 0.4) is 0 Å². The van der Waals surface area contributed by atoms with Crippen molar-refractivity contribution in [2.45, 2.75) is 55.9 Å². The molecule has 2 saturated heterocycles. The summed E-state index contributed by atoms with van der Waals surface area (Å²) in [7, 11) is 1.55. The Morgan fingerprint density at radius 3 is 2.74 bits per heavy atom. The van der Waals surface area contributed by atoms with Crippen LogP contribution in [0.2, 0.25) is 0 Å². The van der Waals surface area contributed by atoms with Crippen LogP contribution in [0.15, 0.2) is 24.8 Å². The third-order valence-corrected chi connectivity index (χ3v) is 6.45. The first-order chi connectivity index (χ1) is 13.0. The zero-order valence-electron chi connectivity index (χ0n) is 15.6. The van der Waals surface area contributed by atoms with Gasteiger partial charge in [0.15, 0.2) is 0 Å². The van der Waals surface area contributed by atoms with Crippen molar-refractivity contribution in [1.29, 1.82) is 0 Å². The maximum absolute atomic E-state index is 13.3. The molecule has 5 atom stereocenters. The molecule has 3 fully saturated rings. The van der Waals surface area contributed by atoms with Crippen molar-refractivity contribution in [1.82, 2.24) is 15.5 Å². The zero-order chi connectivity index (χ0) is 19.2. The quantitative estimate of drug-likeness (QED) is 0.688. The molecule has 0 radical (unpaired) electrons. The van der Waals surface area contributed by atoms with Gasteiger partial charge >= 0.3 is 0 Å². The minimum Gasteiger partial charge on any atom is -0.359 e. The van der Waals surface area contributed by atoms with E-state index in [0.29, 0.717) is 0 Å². The van der Waals surface area contributed by atoms with Crippen LogP contribution in [-0.2, 0) is 19.1 Å². The molecule has 2 bridgehead atoms. The molecule has 0 aromatic rings. The van der Waals surface area contributed by atoms with Crippen LogP contribution in [0.1, 0.15) is 32.1 Å². The van der Waals surface area contributed by atoms with Crippen molar-refractivity contribution >= 4 is 17.7 Å². The molecule has 0 aromatic heterocycles. The predicted octanol–water partition coefficient (Wildman–Crippen LogP) is 0.518. The molecule has 0 unspecified atom stereocenters. The molecule has 4 aliphatic rings. The molecule has 1 spiro atoms. The highest BCUT2D eigenvalue weighted by Gasteiger charge is 2.72. The number of nitrogens with one attached hydrogen (secondary N) is 2. The summed E-state index contributed by atoms with van der Waals surface area (Å²) in [6, 6.07) is -0.634. The van der Waals surface area contributed by atoms with Gasteiger partial charge in [-0.2, -0.15) is 0 Å². The number of hydrogen-bond donors (Lipinski definition) is 2. The second-order valence-corrected chi connectivity index (χ2v) is 7.94. The van der Waals surface area contributed by atoms with E-state index in [1.807, 2.05) is 12.2 Å². The number of amides is 3. The molecule has 3 amide bonds. The van der Waals surface area contributed by atoms with Crippen molar-refractivity contribution in [2.75, 3.05) is 13.6 Å². The molecule has 146 valence electrons. The van der Waals surface area contributed by atoms with Gasteiger partial charge in [-0.15, -0.1) is 6.58 Å². The summed E-state index contributed by atoms with van der Waals surface area (Å²) in [6.45, 7) is 3.98. The van der Waals surface area contributed by atoms with E-state index in [4.69, 9.17) is 4.74 Å². The van der Waals surface area contributed by atoms with Crippen molar-refractivity contribution < 1.29 is 19.1 Å². The van der Waals surface area contributed by atoms with Crippen LogP contribution in [-0.4, -0.2) is 60.0 Å². The molecular formula is C20H27N3O4. The van der Waals surface area contributed by atoms with Crippen LogP contribution < -0.4 is 10.6 Å². The molecule has 2 N–H and O–H groups in total. The molecule has 0 aromatic carbocycles. The summed E-state index contributed by atoms with van der Waals surface area (Å²) in [5.74, 6) is -1.90. The van der Waals surface area contributed by atoms with Gasteiger partial charge in [0.2, 0.25) is 17.7 Å². The Morgan fingerprint density at radius 1 is 1.33 bits per heavy atom. The van der Waals surface area contributed by atoms with Gasteiger partial charge in [-0.25, -0.2) is 0 Å². The smallest absolute Gasteiger partial charge is 0.246 e. The molecular weight excluding hydrogens is 346 g/mol. The minimum absolute atomic E-state index is 0.139. The highest BCUT2D eigenvalue weighted by molar-refractivity contribution is 5.99. The van der Waals surface area contributed by atoms with E-state index in [1.165, 1.54) is 11.3 Å². The van der Waals surface area contributed by atoms with Crippen molar-refractivity contribution in [3.8, 4) is 0 Å². The number of ether oxygens (including phenoxy) is 1. The lowest BCUT2D eigenvalue weighted by Gasteiger charge is -2.33. The Hall–Kier alpha value is -2.15. The Balaban J connectivity index is 1.66. The maximum Gasteiger partial charge on any atom is 0.246 e. The van der Waals surface area contributed by atoms with Crippen LogP contribution in [0.4, 0.5) is 0 Å². The number of fused-ring (bicyclic) bond motifs is 1. The van der Waals surface area contributed by atoms with Crippen LogP contribution in [0.5, 0.6) is 0 Å². The van der Waals surface area contributed by atoms with Crippen molar-refractivity contribution in [2.24, 2.45) is 11.8 Å². The number of nitrogens with zero attached hydrogens (tertiary/aromatic N) is 1. The van der Waals surface area contributed by atoms with Crippen LogP contribution in [0, 0.1) is 11.8 Å². The van der Waals surface area contributed by atoms with Gasteiger partial charge < -0.3 is 20.3 Å². The molecule has 1 aliphatic carbocycles. The molecule has 27 heavy (non-hydrogen) atoms. The first kappa shape index (κ1) is 18.2. The van der Waals surface area contributed by atoms with Crippen LogP contribution >= 0.6 is 0 Å². The standard InChI is InChI=1S/C20H27N3O4/c1-3-11-23-16(18(25)22-12-7-5-4-6-8-12)20-10-9-13(27-20)14(17(24)21-2)15(20)19(23)26/h3,9-10,12-16H,1,4-8,11H2,2H3,(H,21,24)(H,22,25)/t13-,14-,15+,16-,20+/m1/s1. The lowest BCUT2D eigenvalue weighted by atomic mass is 9.74. The van der Waals surface area contributed by atoms with E-state index in [9.17, 15) is 14.4 Å². The lowest BCUT2D eigenvalue weighted by molar-refractivity contribution is -0.141. The van der Waals surface area contributed by atoms with E-state index >= 15 is 0 Å². The summed E-state index contributed by atoms with van der Waals surface area (Å²) in [4.78, 5) is 40.4. The van der Waals surface area contributed by atoms with Gasteiger partial charge in [0.05, 0.1) is 17.9 Å². The molecule has 3 heterocycles. The maximum atomic E-state index is 13.3. The van der Waals surface area contributed by atoms with E-state index in [1.54, 1.807) is 13.1 Å². The average molecular weight is 373 g/mol. The third kappa shape index (κ3) is 2.63. The first-order valence-electron chi connectivity index (χ1n) is 9.84. The normalized spacial score (nSPS) is 37.4. The highest BCUT2D eigenvalue weighted by Crippen LogP contribution is 2.55. The minimum atomic E-state index is -1.07. The summed E-state index contributed by atoms with van der Waals surface area (Å²) in [5.41, 5.74) is -1.07. The average Bonchev–Trinajstić information content (AvgIpc) is 3.30. The van der Waals surface area contributed by atoms with E-state index in [0.717, 1.165) is 25.7 Å². The molecule has 1 saturated carbocycles. The predicted molar refractivity (Wildman–Crippen MR) is 98.5 cm³/mol. The summed E-state index contributed by atoms with van der Waals surface area (Å²) >= 11 is 0. The summed E-state index contributed by atoms with van der Waals surface area (Å²) < 4.78 is 6.16. The Morgan fingerprint density at radius 2 is 2.07 bits per heavy atom. The van der Waals surface area contributed by atoms with Gasteiger partial charge in [0.25, 0.3) is 0 Å². The molecule has 7 nitrogen and oxygen atoms in total. The SMILES string of the molecule is C=CCN1C(=O)[C@@H]2[C@H](C(=O)NC)[C@H]3C=C[C@@]2(O3)[C@H]1C(=O)NC1CCCCC1. The van der Waals surface area contributed by atoms with E-state index in [2.05, 4.69) is 17.2 Å². The second-order valence-electron chi connectivity index (χ2n) is 7.94. The van der Waals surface area contributed by atoms with Gasteiger partial charge in [0.1, 0.15) is 11.6 Å². The fraction of sp³-hybridized carbons (Fsp3) is 0.650. The monoisotopic (exact) mass is 373 g/mol. The van der Waals surface area contributed by atoms with Gasteiger partial charge in [0, 0.05) is 19.6 Å². The number of carbonyl (C=O) groups is 3. The second kappa shape index (κ2) is 6.78. The fourth-order valence-corrected chi connectivity index (χ4v) is 5.30. The van der Waals surface area contributed by atoms with Crippen molar-refractivity contribution in [3.05, 3.63) is 24.8 Å². The highest BCUT2D eigenvalue weighted by atomic mass is 16.5. The molecule has 3 aliphatic heterocycles. The number of rotatable bonds is 5. The molecule has 4 rings (SSSR count).